The van der Waals surface area contributed by atoms with Gasteiger partial charge in [0.05, 0.1) is 19.5 Å². The van der Waals surface area contributed by atoms with E-state index < -0.39 is 30.5 Å². The van der Waals surface area contributed by atoms with Crippen molar-refractivity contribution >= 4 is 23.0 Å². The fraction of sp³-hybridized carbons (Fsp3) is 0.226. The van der Waals surface area contributed by atoms with Crippen LogP contribution in [-0.2, 0) is 38.8 Å². The summed E-state index contributed by atoms with van der Waals surface area (Å²) >= 11 is 0. The fourth-order valence-corrected chi connectivity index (χ4v) is 4.90. The van der Waals surface area contributed by atoms with Crippen molar-refractivity contribution in [1.29, 1.82) is 0 Å². The van der Waals surface area contributed by atoms with Crippen molar-refractivity contribution in [2.75, 3.05) is 5.32 Å². The van der Waals surface area contributed by atoms with E-state index in [0.717, 1.165) is 16.7 Å². The molecular weight excluding hydrogens is 522 g/mol. The molecule has 208 valence electrons. The molecule has 10 heteroatoms. The molecule has 4 atom stereocenters. The second-order valence-electron chi connectivity index (χ2n) is 9.69. The van der Waals surface area contributed by atoms with Gasteiger partial charge in [0.2, 0.25) is 0 Å². The Morgan fingerprint density at radius 1 is 0.805 bits per heavy atom. The van der Waals surface area contributed by atoms with E-state index in [-0.39, 0.29) is 13.2 Å². The summed E-state index contributed by atoms with van der Waals surface area (Å²) in [6, 6.07) is 29.2. The first-order chi connectivity index (χ1) is 20.2. The summed E-state index contributed by atoms with van der Waals surface area (Å²) < 4.78 is 20.4. The maximum atomic E-state index is 12.4. The summed E-state index contributed by atoms with van der Waals surface area (Å²) in [6.45, 7) is 1.00. The summed E-state index contributed by atoms with van der Waals surface area (Å²) in [4.78, 5) is 25.8. The minimum Gasteiger partial charge on any atom is -0.479 e. The third-order valence-corrected chi connectivity index (χ3v) is 6.94. The molecule has 3 heterocycles. The number of carbonyl (C=O) groups is 1. The Morgan fingerprint density at radius 2 is 1.39 bits per heavy atom. The predicted molar refractivity (Wildman–Crippen MR) is 151 cm³/mol. The minimum atomic E-state index is -1.26. The van der Waals surface area contributed by atoms with Crippen molar-refractivity contribution in [3.63, 3.8) is 0 Å². The molecule has 5 aromatic rings. The highest BCUT2D eigenvalue weighted by Crippen LogP contribution is 2.37. The van der Waals surface area contributed by atoms with Gasteiger partial charge in [0.25, 0.3) is 0 Å². The topological polar surface area (TPSA) is 121 Å². The number of imidazole rings is 1. The van der Waals surface area contributed by atoms with Crippen molar-refractivity contribution < 1.29 is 24.1 Å². The number of hydrogen-bond acceptors (Lipinski definition) is 8. The Labute approximate surface area is 236 Å². The molecule has 0 bridgehead atoms. The summed E-state index contributed by atoms with van der Waals surface area (Å²) in [5.74, 6) is -0.577. The Morgan fingerprint density at radius 3 is 2.00 bits per heavy atom. The maximum Gasteiger partial charge on any atom is 0.335 e. The van der Waals surface area contributed by atoms with Crippen LogP contribution in [0.1, 0.15) is 22.9 Å². The molecular formula is C31H29N5O5. The molecule has 0 spiro atoms. The Balaban J connectivity index is 1.31. The highest BCUT2D eigenvalue weighted by Gasteiger charge is 2.51. The van der Waals surface area contributed by atoms with Gasteiger partial charge in [0, 0.05) is 6.54 Å². The van der Waals surface area contributed by atoms with Crippen LogP contribution in [0.4, 0.5) is 5.82 Å². The van der Waals surface area contributed by atoms with Crippen LogP contribution in [0, 0.1) is 0 Å². The van der Waals surface area contributed by atoms with Crippen LogP contribution in [0.3, 0.4) is 0 Å². The fourth-order valence-electron chi connectivity index (χ4n) is 4.90. The summed E-state index contributed by atoms with van der Waals surface area (Å²) in [5, 5.41) is 13.4. The molecule has 3 aromatic carbocycles. The number of aromatic nitrogens is 4. The molecule has 2 N–H and O–H groups in total. The average Bonchev–Trinajstić information content (AvgIpc) is 3.61. The first kappa shape index (κ1) is 26.6. The van der Waals surface area contributed by atoms with E-state index >= 15 is 0 Å². The Kier molecular flexibility index (Phi) is 7.94. The number of hydrogen-bond donors (Lipinski definition) is 2. The van der Waals surface area contributed by atoms with E-state index in [0.29, 0.717) is 23.5 Å². The monoisotopic (exact) mass is 551 g/mol. The van der Waals surface area contributed by atoms with Gasteiger partial charge in [-0.25, -0.2) is 19.7 Å². The third-order valence-electron chi connectivity index (χ3n) is 6.94. The smallest absolute Gasteiger partial charge is 0.335 e. The van der Waals surface area contributed by atoms with Gasteiger partial charge in [-0.2, -0.15) is 0 Å². The van der Waals surface area contributed by atoms with Crippen LogP contribution in [0.2, 0.25) is 0 Å². The molecule has 0 unspecified atom stereocenters. The highest BCUT2D eigenvalue weighted by atomic mass is 16.6. The summed E-state index contributed by atoms with van der Waals surface area (Å²) in [6.07, 6.45) is -0.762. The molecule has 1 aliphatic heterocycles. The largest absolute Gasteiger partial charge is 0.479 e. The van der Waals surface area contributed by atoms with E-state index in [9.17, 15) is 9.90 Å². The minimum absolute atomic E-state index is 0.205. The quantitative estimate of drug-likeness (QED) is 0.243. The molecule has 2 aromatic heterocycles. The number of fused-ring (bicyclic) bond motifs is 1. The van der Waals surface area contributed by atoms with E-state index in [4.69, 9.17) is 14.2 Å². The number of anilines is 1. The lowest BCUT2D eigenvalue weighted by atomic mass is 10.1. The molecule has 10 nitrogen and oxygen atoms in total. The highest BCUT2D eigenvalue weighted by molar-refractivity contribution is 5.82. The number of aliphatic carboxylic acids is 1. The molecule has 41 heavy (non-hydrogen) atoms. The zero-order valence-electron chi connectivity index (χ0n) is 22.1. The maximum absolute atomic E-state index is 12.4. The van der Waals surface area contributed by atoms with Crippen molar-refractivity contribution in [2.24, 2.45) is 0 Å². The number of rotatable bonds is 11. The lowest BCUT2D eigenvalue weighted by molar-refractivity contribution is -0.157. The number of nitrogens with zero attached hydrogens (tertiary/aromatic N) is 4. The Bertz CT molecular complexity index is 1580. The molecule has 0 aliphatic carbocycles. The SMILES string of the molecule is O=C(O)[C@H]1O[C@@H](n2cnc3c(NCc4ccccc4)ncnc32)[C@H](OCc2ccccc2)[C@@H]1OCc1ccccc1. The van der Waals surface area contributed by atoms with E-state index in [2.05, 4.69) is 20.3 Å². The van der Waals surface area contributed by atoms with Gasteiger partial charge in [-0.1, -0.05) is 91.0 Å². The van der Waals surface area contributed by atoms with Crippen molar-refractivity contribution in [2.45, 2.75) is 44.3 Å². The molecule has 1 aliphatic rings. The van der Waals surface area contributed by atoms with Gasteiger partial charge in [0.15, 0.2) is 29.3 Å². The normalized spacial score (nSPS) is 20.3. The number of benzene rings is 3. The summed E-state index contributed by atoms with van der Waals surface area (Å²) in [5.41, 5.74) is 3.97. The summed E-state index contributed by atoms with van der Waals surface area (Å²) in [7, 11) is 0. The van der Waals surface area contributed by atoms with Gasteiger partial charge < -0.3 is 24.6 Å². The first-order valence-electron chi connectivity index (χ1n) is 13.3. The molecule has 1 saturated heterocycles. The average molecular weight is 552 g/mol. The van der Waals surface area contributed by atoms with Crippen LogP contribution >= 0.6 is 0 Å². The van der Waals surface area contributed by atoms with Gasteiger partial charge in [0.1, 0.15) is 18.5 Å². The zero-order valence-corrected chi connectivity index (χ0v) is 22.1. The number of carboxylic acids is 1. The molecule has 0 saturated carbocycles. The predicted octanol–water partition coefficient (Wildman–Crippen LogP) is 4.59. The van der Waals surface area contributed by atoms with E-state index in [1.807, 2.05) is 91.0 Å². The number of ether oxygens (including phenoxy) is 3. The molecule has 0 amide bonds. The second kappa shape index (κ2) is 12.3. The lowest BCUT2D eigenvalue weighted by Gasteiger charge is -2.25. The van der Waals surface area contributed by atoms with E-state index in [1.165, 1.54) is 6.33 Å². The van der Waals surface area contributed by atoms with Crippen LogP contribution < -0.4 is 5.32 Å². The van der Waals surface area contributed by atoms with Crippen molar-refractivity contribution in [3.05, 3.63) is 120 Å². The van der Waals surface area contributed by atoms with Gasteiger partial charge in [-0.3, -0.25) is 4.57 Å². The molecule has 0 radical (unpaired) electrons. The van der Waals surface area contributed by atoms with Gasteiger partial charge in [-0.05, 0) is 16.7 Å². The van der Waals surface area contributed by atoms with Crippen LogP contribution in [-0.4, -0.2) is 48.9 Å². The van der Waals surface area contributed by atoms with Crippen LogP contribution in [0.15, 0.2) is 104 Å². The lowest BCUT2D eigenvalue weighted by Crippen LogP contribution is -2.39. The third kappa shape index (κ3) is 5.94. The van der Waals surface area contributed by atoms with Crippen LogP contribution in [0.25, 0.3) is 11.2 Å². The van der Waals surface area contributed by atoms with Gasteiger partial charge >= 0.3 is 5.97 Å². The van der Waals surface area contributed by atoms with Crippen molar-refractivity contribution in [1.82, 2.24) is 19.5 Å². The Hall–Kier alpha value is -4.64. The van der Waals surface area contributed by atoms with E-state index in [1.54, 1.807) is 10.9 Å². The zero-order chi connectivity index (χ0) is 28.0. The second-order valence-corrected chi connectivity index (χ2v) is 9.69. The number of carboxylic acid groups (broad SMARTS) is 1. The standard InChI is InChI=1S/C31H29N5O5/c37-31(38)27-25(39-17-22-12-6-2-7-13-22)26(40-18-23-14-8-3-9-15-23)30(41-27)36-20-35-24-28(33-19-34-29(24)36)32-16-21-10-4-1-5-11-21/h1-15,19-20,25-27,30H,16-18H2,(H,37,38)(H,32,33,34)/t25-,26+,27-,30+/m0/s1. The van der Waals surface area contributed by atoms with Crippen molar-refractivity contribution in [3.8, 4) is 0 Å². The van der Waals surface area contributed by atoms with Crippen LogP contribution in [0.5, 0.6) is 0 Å². The molecule has 6 rings (SSSR count). The number of nitrogens with one attached hydrogen (secondary N) is 1. The first-order valence-corrected chi connectivity index (χ1v) is 13.3. The van der Waals surface area contributed by atoms with Gasteiger partial charge in [-0.15, -0.1) is 0 Å². The molecule has 1 fully saturated rings.